The molecule has 3 N–H and O–H groups in total. The van der Waals surface area contributed by atoms with Crippen molar-refractivity contribution in [3.8, 4) is 11.5 Å². The smallest absolute Gasteiger partial charge is 0.327 e. The van der Waals surface area contributed by atoms with E-state index in [0.717, 1.165) is 29.7 Å². The average molecular weight is 560 g/mol. The van der Waals surface area contributed by atoms with Gasteiger partial charge in [-0.2, -0.15) is 0 Å². The van der Waals surface area contributed by atoms with Gasteiger partial charge in [0.2, 0.25) is 11.8 Å². The van der Waals surface area contributed by atoms with Gasteiger partial charge in [0, 0.05) is 30.9 Å². The van der Waals surface area contributed by atoms with Gasteiger partial charge >= 0.3 is 6.03 Å². The molecule has 2 unspecified atom stereocenters. The number of ether oxygens (including phenoxy) is 1. The van der Waals surface area contributed by atoms with Crippen LogP contribution in [0.2, 0.25) is 0 Å². The summed E-state index contributed by atoms with van der Waals surface area (Å²) in [4.78, 5) is 46.6. The van der Waals surface area contributed by atoms with Crippen molar-refractivity contribution in [3.63, 3.8) is 0 Å². The van der Waals surface area contributed by atoms with Crippen molar-refractivity contribution in [2.45, 2.75) is 42.1 Å². The predicted molar refractivity (Wildman–Crippen MR) is 150 cm³/mol. The van der Waals surface area contributed by atoms with Gasteiger partial charge in [-0.05, 0) is 61.7 Å². The number of piperidine rings is 1. The fourth-order valence-electron chi connectivity index (χ4n) is 5.54. The molecular formula is C29H29N5O5S. The summed E-state index contributed by atoms with van der Waals surface area (Å²) >= 11 is 1.33. The van der Waals surface area contributed by atoms with Crippen LogP contribution in [-0.2, 0) is 9.59 Å². The largest absolute Gasteiger partial charge is 0.457 e. The summed E-state index contributed by atoms with van der Waals surface area (Å²) in [6, 6.07) is 15.8. The van der Waals surface area contributed by atoms with Crippen LogP contribution in [0, 0.1) is 6.92 Å². The highest BCUT2D eigenvalue weighted by Gasteiger charge is 2.47. The number of anilines is 2. The maximum Gasteiger partial charge on any atom is 0.327 e. The first kappa shape index (κ1) is 26.1. The summed E-state index contributed by atoms with van der Waals surface area (Å²) in [5, 5.41) is 15.4. The van der Waals surface area contributed by atoms with Gasteiger partial charge in [0.15, 0.2) is 0 Å². The Bertz CT molecular complexity index is 1470. The van der Waals surface area contributed by atoms with Crippen molar-refractivity contribution in [2.24, 2.45) is 0 Å². The lowest BCUT2D eigenvalue weighted by molar-refractivity contribution is -0.136. The number of likely N-dealkylation sites (tertiary alicyclic amines) is 1. The van der Waals surface area contributed by atoms with E-state index in [-0.39, 0.29) is 23.9 Å². The van der Waals surface area contributed by atoms with Crippen LogP contribution in [0.3, 0.4) is 0 Å². The maximum atomic E-state index is 13.5. The van der Waals surface area contributed by atoms with Gasteiger partial charge in [0.05, 0.1) is 17.4 Å². The number of aromatic nitrogens is 1. The molecule has 0 aliphatic carbocycles. The quantitative estimate of drug-likeness (QED) is 0.421. The summed E-state index contributed by atoms with van der Waals surface area (Å²) in [7, 11) is 0. The molecule has 11 heteroatoms. The lowest BCUT2D eigenvalue weighted by Crippen LogP contribution is -2.54. The highest BCUT2D eigenvalue weighted by atomic mass is 32.2. The normalized spacial score (nSPS) is 21.4. The molecule has 3 aliphatic heterocycles. The third kappa shape index (κ3) is 4.86. The number of hydrogen-bond acceptors (Lipinski definition) is 7. The summed E-state index contributed by atoms with van der Waals surface area (Å²) in [5.74, 6) is 0.832. The van der Waals surface area contributed by atoms with Crippen LogP contribution < -0.4 is 20.3 Å². The lowest BCUT2D eigenvalue weighted by atomic mass is 9.98. The summed E-state index contributed by atoms with van der Waals surface area (Å²) in [6.07, 6.45) is 3.14. The second-order valence-corrected chi connectivity index (χ2v) is 11.2. The van der Waals surface area contributed by atoms with E-state index in [1.807, 2.05) is 55.5 Å². The number of rotatable bonds is 6. The molecule has 1 saturated heterocycles. The molecule has 0 bridgehead atoms. The first-order valence-electron chi connectivity index (χ1n) is 13.2. The Morgan fingerprint density at radius 2 is 1.98 bits per heavy atom. The number of amides is 4. The third-order valence-electron chi connectivity index (χ3n) is 7.41. The van der Waals surface area contributed by atoms with Crippen molar-refractivity contribution in [1.29, 1.82) is 0 Å². The second kappa shape index (κ2) is 10.8. The average Bonchev–Trinajstić information content (AvgIpc) is 3.33. The predicted octanol–water partition coefficient (Wildman–Crippen LogP) is 3.66. The van der Waals surface area contributed by atoms with E-state index in [0.29, 0.717) is 35.2 Å². The van der Waals surface area contributed by atoms with E-state index in [1.165, 1.54) is 11.8 Å². The Balaban J connectivity index is 1.22. The van der Waals surface area contributed by atoms with Gasteiger partial charge in [0.25, 0.3) is 0 Å². The fourth-order valence-corrected chi connectivity index (χ4v) is 6.77. The van der Waals surface area contributed by atoms with Gasteiger partial charge in [-0.1, -0.05) is 30.0 Å². The Labute approximate surface area is 235 Å². The Morgan fingerprint density at radius 3 is 2.75 bits per heavy atom. The minimum absolute atomic E-state index is 0.213. The van der Waals surface area contributed by atoms with Crippen LogP contribution in [0.25, 0.3) is 0 Å². The molecule has 4 heterocycles. The lowest BCUT2D eigenvalue weighted by Gasteiger charge is -2.36. The van der Waals surface area contributed by atoms with Gasteiger partial charge < -0.3 is 25.4 Å². The van der Waals surface area contributed by atoms with Crippen LogP contribution >= 0.6 is 11.8 Å². The topological polar surface area (TPSA) is 124 Å². The molecule has 0 radical (unpaired) electrons. The molecular weight excluding hydrogens is 530 g/mol. The molecule has 1 fully saturated rings. The molecule has 2 aromatic carbocycles. The van der Waals surface area contributed by atoms with E-state index < -0.39 is 17.9 Å². The molecule has 10 nitrogen and oxygen atoms in total. The number of nitrogens with zero attached hydrogens (tertiary/aromatic N) is 3. The van der Waals surface area contributed by atoms with E-state index >= 15 is 0 Å². The first-order chi connectivity index (χ1) is 19.4. The van der Waals surface area contributed by atoms with E-state index in [1.54, 1.807) is 22.1 Å². The Morgan fingerprint density at radius 1 is 1.15 bits per heavy atom. The number of para-hydroxylation sites is 1. The Hall–Kier alpha value is -4.09. The number of hydrogen-bond donors (Lipinski definition) is 3. The van der Waals surface area contributed by atoms with E-state index in [4.69, 9.17) is 4.74 Å². The summed E-state index contributed by atoms with van der Waals surface area (Å²) < 4.78 is 5.96. The van der Waals surface area contributed by atoms with Crippen molar-refractivity contribution in [3.05, 3.63) is 71.9 Å². The first-order valence-corrected chi connectivity index (χ1v) is 14.1. The van der Waals surface area contributed by atoms with Crippen molar-refractivity contribution < 1.29 is 24.2 Å². The molecule has 0 saturated carbocycles. The minimum atomic E-state index is -0.596. The summed E-state index contributed by atoms with van der Waals surface area (Å²) in [5.41, 5.74) is 3.07. The number of aliphatic hydroxyl groups is 1. The highest BCUT2D eigenvalue weighted by molar-refractivity contribution is 8.01. The molecule has 6 rings (SSSR count). The molecule has 206 valence electrons. The van der Waals surface area contributed by atoms with Crippen LogP contribution in [0.15, 0.2) is 65.8 Å². The third-order valence-corrected chi connectivity index (χ3v) is 8.70. The van der Waals surface area contributed by atoms with Crippen LogP contribution in [0.5, 0.6) is 11.5 Å². The molecule has 4 amide bonds. The molecule has 0 spiro atoms. The van der Waals surface area contributed by atoms with E-state index in [9.17, 15) is 19.5 Å². The zero-order valence-corrected chi connectivity index (χ0v) is 22.7. The van der Waals surface area contributed by atoms with Crippen molar-refractivity contribution in [1.82, 2.24) is 20.5 Å². The van der Waals surface area contributed by atoms with Gasteiger partial charge in [-0.3, -0.25) is 14.5 Å². The number of aliphatic hydroxyl groups excluding tert-OH is 1. The zero-order valence-electron chi connectivity index (χ0n) is 21.9. The number of aryl methyl sites for hydroxylation is 1. The van der Waals surface area contributed by atoms with Crippen molar-refractivity contribution >= 4 is 41.0 Å². The SMILES string of the molecule is Cc1cc(Oc2ccccc2)ccc1N1C(=O)NC2c3c1ccnc3S[C@H]2C(=O)NC1CCCN(C(=O)CO)C1. The zero-order chi connectivity index (χ0) is 27.8. The molecule has 3 atom stereocenters. The molecule has 40 heavy (non-hydrogen) atoms. The number of benzene rings is 2. The van der Waals surface area contributed by atoms with Crippen LogP contribution in [-0.4, -0.2) is 63.8 Å². The highest BCUT2D eigenvalue weighted by Crippen LogP contribution is 2.51. The molecule has 3 aliphatic rings. The van der Waals surface area contributed by atoms with Crippen LogP contribution in [0.4, 0.5) is 16.2 Å². The van der Waals surface area contributed by atoms with Crippen molar-refractivity contribution in [2.75, 3.05) is 24.6 Å². The number of thioether (sulfide) groups is 1. The molecule has 1 aromatic heterocycles. The standard InChI is InChI=1S/C29H29N5O5S/c1-17-14-20(39-19-7-3-2-4-8-19)9-10-21(17)34-22-11-12-30-28-24(22)25(32-29(34)38)26(40-28)27(37)31-18-6-5-13-33(15-18)23(36)16-35/h2-4,7-12,14,18,25-26,35H,5-6,13,15-16H2,1H3,(H,31,37)(H,32,38)/t18?,25?,26-/m1/s1. The monoisotopic (exact) mass is 559 g/mol. The van der Waals surface area contributed by atoms with Gasteiger partial charge in [-0.25, -0.2) is 9.78 Å². The Kier molecular flexibility index (Phi) is 7.07. The van der Waals surface area contributed by atoms with Gasteiger partial charge in [-0.15, -0.1) is 0 Å². The number of urea groups is 1. The van der Waals surface area contributed by atoms with E-state index in [2.05, 4.69) is 15.6 Å². The fraction of sp³-hybridized carbons (Fsp3) is 0.310. The number of nitrogens with one attached hydrogen (secondary N) is 2. The van der Waals surface area contributed by atoms with Gasteiger partial charge in [0.1, 0.15) is 28.4 Å². The number of pyridine rings is 1. The summed E-state index contributed by atoms with van der Waals surface area (Å²) in [6.45, 7) is 2.30. The van der Waals surface area contributed by atoms with Crippen LogP contribution in [0.1, 0.15) is 30.0 Å². The number of carbonyl (C=O) groups is 3. The molecule has 3 aromatic rings. The second-order valence-electron chi connectivity index (χ2n) is 10.1. The minimum Gasteiger partial charge on any atom is -0.457 e. The number of carbonyl (C=O) groups excluding carboxylic acids is 3. The maximum absolute atomic E-state index is 13.5.